The van der Waals surface area contributed by atoms with Gasteiger partial charge in [-0.25, -0.2) is 4.98 Å². The van der Waals surface area contributed by atoms with E-state index in [9.17, 15) is 9.90 Å². The molecule has 22 heavy (non-hydrogen) atoms. The Kier molecular flexibility index (Phi) is 4.31. The van der Waals surface area contributed by atoms with Crippen molar-refractivity contribution >= 4 is 17.2 Å². The average Bonchev–Trinajstić information content (AvgIpc) is 3.15. The summed E-state index contributed by atoms with van der Waals surface area (Å²) in [5.41, 5.74) is 1.34. The van der Waals surface area contributed by atoms with Crippen molar-refractivity contribution in [2.75, 3.05) is 13.2 Å². The lowest BCUT2D eigenvalue weighted by molar-refractivity contribution is 0.0514. The highest BCUT2D eigenvalue weighted by molar-refractivity contribution is 7.09. The summed E-state index contributed by atoms with van der Waals surface area (Å²) in [7, 11) is 0. The number of aliphatic hydroxyl groups excluding tert-OH is 1. The van der Waals surface area contributed by atoms with Crippen LogP contribution in [0.25, 0.3) is 11.5 Å². The van der Waals surface area contributed by atoms with Crippen LogP contribution in [0.4, 0.5) is 0 Å². The molecule has 1 saturated heterocycles. The lowest BCUT2D eigenvalue weighted by Gasteiger charge is -2.36. The second-order valence-corrected chi connectivity index (χ2v) is 6.93. The van der Waals surface area contributed by atoms with Crippen LogP contribution in [-0.4, -0.2) is 40.1 Å². The number of carbonyl (C=O) groups excluding carboxylic acids is 1. The van der Waals surface area contributed by atoms with E-state index in [1.54, 1.807) is 17.4 Å². The summed E-state index contributed by atoms with van der Waals surface area (Å²) >= 11 is 1.56. The van der Waals surface area contributed by atoms with Gasteiger partial charge in [0.25, 0.3) is 5.91 Å². The zero-order valence-electron chi connectivity index (χ0n) is 12.8. The maximum Gasteiger partial charge on any atom is 0.257 e. The van der Waals surface area contributed by atoms with Crippen LogP contribution in [0.1, 0.15) is 35.1 Å². The zero-order valence-corrected chi connectivity index (χ0v) is 13.6. The van der Waals surface area contributed by atoms with Crippen molar-refractivity contribution in [3.05, 3.63) is 28.3 Å². The van der Waals surface area contributed by atoms with Crippen LogP contribution in [0.3, 0.4) is 0 Å². The number of hydrogen-bond acceptors (Lipinski definition) is 5. The molecule has 1 fully saturated rings. The van der Waals surface area contributed by atoms with E-state index in [2.05, 4.69) is 4.98 Å². The quantitative estimate of drug-likeness (QED) is 0.944. The SMILES string of the molecule is Cc1nc(-c2cc(C(=O)N3CC[C@H](CO)C[C@@H]3C)co2)cs1. The Labute approximate surface area is 133 Å². The van der Waals surface area contributed by atoms with Crippen molar-refractivity contribution in [2.45, 2.75) is 32.7 Å². The molecule has 0 radical (unpaired) electrons. The summed E-state index contributed by atoms with van der Waals surface area (Å²) in [6, 6.07) is 1.90. The van der Waals surface area contributed by atoms with E-state index in [-0.39, 0.29) is 18.6 Å². The summed E-state index contributed by atoms with van der Waals surface area (Å²) < 4.78 is 5.51. The third kappa shape index (κ3) is 2.94. The Balaban J connectivity index is 1.74. The number of nitrogens with zero attached hydrogens (tertiary/aromatic N) is 2. The molecule has 5 nitrogen and oxygen atoms in total. The molecule has 1 N–H and O–H groups in total. The molecule has 2 aromatic heterocycles. The Bertz CT molecular complexity index is 664. The second kappa shape index (κ2) is 6.22. The van der Waals surface area contributed by atoms with Gasteiger partial charge in [0.2, 0.25) is 0 Å². The molecule has 0 bridgehead atoms. The minimum absolute atomic E-state index is 0.00848. The third-order valence-electron chi connectivity index (χ3n) is 4.22. The maximum absolute atomic E-state index is 12.6. The first-order valence-electron chi connectivity index (χ1n) is 7.51. The number of hydrogen-bond donors (Lipinski definition) is 1. The smallest absolute Gasteiger partial charge is 0.257 e. The average molecular weight is 320 g/mol. The highest BCUT2D eigenvalue weighted by Crippen LogP contribution is 2.27. The van der Waals surface area contributed by atoms with Crippen molar-refractivity contribution in [1.29, 1.82) is 0 Å². The first-order chi connectivity index (χ1) is 10.6. The monoisotopic (exact) mass is 320 g/mol. The van der Waals surface area contributed by atoms with E-state index in [1.807, 2.05) is 24.1 Å². The molecule has 1 amide bonds. The maximum atomic E-state index is 12.6. The zero-order chi connectivity index (χ0) is 15.7. The molecule has 3 heterocycles. The van der Waals surface area contributed by atoms with Crippen molar-refractivity contribution in [3.63, 3.8) is 0 Å². The fourth-order valence-corrected chi connectivity index (χ4v) is 3.56. The van der Waals surface area contributed by atoms with E-state index in [0.717, 1.165) is 23.5 Å². The summed E-state index contributed by atoms with van der Waals surface area (Å²) in [5.74, 6) is 0.924. The van der Waals surface area contributed by atoms with Gasteiger partial charge in [0.1, 0.15) is 12.0 Å². The van der Waals surface area contributed by atoms with Crippen LogP contribution in [0.5, 0.6) is 0 Å². The van der Waals surface area contributed by atoms with Gasteiger partial charge in [0, 0.05) is 24.6 Å². The van der Waals surface area contributed by atoms with Gasteiger partial charge in [-0.1, -0.05) is 0 Å². The molecular formula is C16H20N2O3S. The van der Waals surface area contributed by atoms with Crippen molar-refractivity contribution < 1.29 is 14.3 Å². The molecule has 0 aromatic carbocycles. The number of aromatic nitrogens is 1. The van der Waals surface area contributed by atoms with E-state index in [1.165, 1.54) is 6.26 Å². The molecule has 6 heteroatoms. The van der Waals surface area contributed by atoms with Crippen LogP contribution >= 0.6 is 11.3 Å². The molecule has 0 saturated carbocycles. The van der Waals surface area contributed by atoms with E-state index < -0.39 is 0 Å². The van der Waals surface area contributed by atoms with Gasteiger partial charge >= 0.3 is 0 Å². The van der Waals surface area contributed by atoms with Crippen LogP contribution in [-0.2, 0) is 0 Å². The predicted molar refractivity (Wildman–Crippen MR) is 84.9 cm³/mol. The number of aliphatic hydroxyl groups is 1. The molecule has 0 unspecified atom stereocenters. The molecule has 0 spiro atoms. The third-order valence-corrected chi connectivity index (χ3v) is 5.00. The van der Waals surface area contributed by atoms with Gasteiger partial charge in [0.15, 0.2) is 5.76 Å². The molecule has 3 rings (SSSR count). The number of thiazole rings is 1. The number of amides is 1. The summed E-state index contributed by atoms with van der Waals surface area (Å²) in [4.78, 5) is 18.9. The molecule has 1 aliphatic rings. The Morgan fingerprint density at radius 1 is 1.59 bits per heavy atom. The Morgan fingerprint density at radius 2 is 2.41 bits per heavy atom. The number of piperidine rings is 1. The standard InChI is InChI=1S/C16H20N2O3S/c1-10-5-12(7-19)3-4-18(10)16(20)13-6-15(21-8-13)14-9-22-11(2)17-14/h6,8-10,12,19H,3-5,7H2,1-2H3/t10-,12-/m0/s1. The summed E-state index contributed by atoms with van der Waals surface area (Å²) in [6.07, 6.45) is 3.21. The Hall–Kier alpha value is -1.66. The van der Waals surface area contributed by atoms with Crippen LogP contribution in [0.2, 0.25) is 0 Å². The molecule has 2 atom stereocenters. The van der Waals surface area contributed by atoms with Crippen molar-refractivity contribution in [3.8, 4) is 11.5 Å². The van der Waals surface area contributed by atoms with Gasteiger partial charge in [0.05, 0.1) is 10.6 Å². The molecule has 0 aliphatic carbocycles. The lowest BCUT2D eigenvalue weighted by atomic mass is 9.92. The predicted octanol–water partition coefficient (Wildman–Crippen LogP) is 2.94. The van der Waals surface area contributed by atoms with Crippen molar-refractivity contribution in [2.24, 2.45) is 5.92 Å². The van der Waals surface area contributed by atoms with Gasteiger partial charge < -0.3 is 14.4 Å². The van der Waals surface area contributed by atoms with Gasteiger partial charge in [-0.15, -0.1) is 11.3 Å². The van der Waals surface area contributed by atoms with Crippen LogP contribution in [0, 0.1) is 12.8 Å². The fourth-order valence-electron chi connectivity index (χ4n) is 2.96. The number of carbonyl (C=O) groups is 1. The van der Waals surface area contributed by atoms with Gasteiger partial charge in [-0.05, 0) is 38.7 Å². The number of furan rings is 1. The first kappa shape index (κ1) is 15.2. The highest BCUT2D eigenvalue weighted by atomic mass is 32.1. The van der Waals surface area contributed by atoms with Gasteiger partial charge in [-0.2, -0.15) is 0 Å². The highest BCUT2D eigenvalue weighted by Gasteiger charge is 2.29. The largest absolute Gasteiger partial charge is 0.462 e. The number of likely N-dealkylation sites (tertiary alicyclic amines) is 1. The lowest BCUT2D eigenvalue weighted by Crippen LogP contribution is -2.45. The number of rotatable bonds is 3. The van der Waals surface area contributed by atoms with Crippen molar-refractivity contribution in [1.82, 2.24) is 9.88 Å². The summed E-state index contributed by atoms with van der Waals surface area (Å²) in [5, 5.41) is 12.2. The first-order valence-corrected chi connectivity index (χ1v) is 8.39. The topological polar surface area (TPSA) is 66.6 Å². The molecule has 2 aromatic rings. The second-order valence-electron chi connectivity index (χ2n) is 5.87. The molecule has 1 aliphatic heterocycles. The number of aryl methyl sites for hydroxylation is 1. The van der Waals surface area contributed by atoms with Crippen LogP contribution < -0.4 is 0 Å². The van der Waals surface area contributed by atoms with Crippen LogP contribution in [0.15, 0.2) is 22.1 Å². The van der Waals surface area contributed by atoms with Gasteiger partial charge in [-0.3, -0.25) is 4.79 Å². The molecular weight excluding hydrogens is 300 g/mol. The normalized spacial score (nSPS) is 22.0. The fraction of sp³-hybridized carbons (Fsp3) is 0.500. The summed E-state index contributed by atoms with van der Waals surface area (Å²) in [6.45, 7) is 4.85. The minimum atomic E-state index is -0.00848. The van der Waals surface area contributed by atoms with E-state index in [0.29, 0.717) is 23.8 Å². The van der Waals surface area contributed by atoms with E-state index >= 15 is 0 Å². The minimum Gasteiger partial charge on any atom is -0.462 e. The Morgan fingerprint density at radius 3 is 3.05 bits per heavy atom. The van der Waals surface area contributed by atoms with E-state index in [4.69, 9.17) is 4.42 Å². The molecule has 118 valence electrons.